The minimum absolute atomic E-state index is 0.189. The summed E-state index contributed by atoms with van der Waals surface area (Å²) in [5.74, 6) is 0.704. The van der Waals surface area contributed by atoms with Crippen LogP contribution in [0, 0.1) is 0 Å². The lowest BCUT2D eigenvalue weighted by Crippen LogP contribution is -2.35. The fraction of sp³-hybridized carbons (Fsp3) is 0.800. The molecule has 0 aliphatic heterocycles. The maximum Gasteiger partial charge on any atom is 0.213 e. The van der Waals surface area contributed by atoms with E-state index in [9.17, 15) is 0 Å². The largest absolute Gasteiger partial charge is 0.395 e. The molecule has 0 spiro atoms. The first-order valence-corrected chi connectivity index (χ1v) is 5.50. The Morgan fingerprint density at radius 3 is 2.87 bits per heavy atom. The zero-order valence-corrected chi connectivity index (χ0v) is 8.80. The Balaban J connectivity index is 1.93. The zero-order valence-electron chi connectivity index (χ0n) is 8.80. The molecule has 1 fully saturated rings. The van der Waals surface area contributed by atoms with Gasteiger partial charge in [0.1, 0.15) is 0 Å². The number of aromatic nitrogens is 2. The Bertz CT molecular complexity index is 270. The van der Waals surface area contributed by atoms with Crippen molar-refractivity contribution in [3.63, 3.8) is 0 Å². The van der Waals surface area contributed by atoms with Gasteiger partial charge in [-0.15, -0.1) is 0 Å². The highest BCUT2D eigenvalue weighted by Crippen LogP contribution is 2.24. The quantitative estimate of drug-likeness (QED) is 0.780. The van der Waals surface area contributed by atoms with Crippen LogP contribution >= 0.6 is 0 Å². The van der Waals surface area contributed by atoms with Gasteiger partial charge in [-0.3, -0.25) is 4.90 Å². The summed E-state index contributed by atoms with van der Waals surface area (Å²) in [6.07, 6.45) is 6.37. The summed E-state index contributed by atoms with van der Waals surface area (Å²) >= 11 is 0. The molecule has 0 amide bonds. The minimum atomic E-state index is 0.189. The first-order chi connectivity index (χ1) is 7.40. The smallest absolute Gasteiger partial charge is 0.213 e. The summed E-state index contributed by atoms with van der Waals surface area (Å²) < 4.78 is 4.71. The van der Waals surface area contributed by atoms with Crippen molar-refractivity contribution in [2.24, 2.45) is 0 Å². The van der Waals surface area contributed by atoms with Crippen LogP contribution in [0.5, 0.6) is 0 Å². The highest BCUT2D eigenvalue weighted by molar-refractivity contribution is 4.83. The van der Waals surface area contributed by atoms with E-state index in [1.807, 2.05) is 0 Å². The van der Waals surface area contributed by atoms with Gasteiger partial charge < -0.3 is 9.63 Å². The molecular formula is C10H17N3O2. The number of nitrogens with zero attached hydrogens (tertiary/aromatic N) is 3. The van der Waals surface area contributed by atoms with Gasteiger partial charge in [-0.1, -0.05) is 18.0 Å². The third-order valence-corrected chi connectivity index (χ3v) is 2.98. The minimum Gasteiger partial charge on any atom is -0.395 e. The molecule has 1 N–H and O–H groups in total. The number of aliphatic hydroxyl groups is 1. The third-order valence-electron chi connectivity index (χ3n) is 2.98. The highest BCUT2D eigenvalue weighted by atomic mass is 16.5. The summed E-state index contributed by atoms with van der Waals surface area (Å²) in [5.41, 5.74) is 0. The van der Waals surface area contributed by atoms with Gasteiger partial charge in [0.25, 0.3) is 0 Å². The topological polar surface area (TPSA) is 62.4 Å². The van der Waals surface area contributed by atoms with Crippen molar-refractivity contribution in [2.75, 3.05) is 13.2 Å². The first kappa shape index (κ1) is 10.6. The van der Waals surface area contributed by atoms with Crippen LogP contribution in [-0.4, -0.2) is 39.3 Å². The van der Waals surface area contributed by atoms with Crippen molar-refractivity contribution in [3.8, 4) is 0 Å². The SMILES string of the molecule is OCCN(Cc1ncon1)C1CCCC1. The average molecular weight is 211 g/mol. The molecule has 1 heterocycles. The molecule has 0 bridgehead atoms. The van der Waals surface area contributed by atoms with Gasteiger partial charge in [-0.05, 0) is 12.8 Å². The molecule has 1 aromatic heterocycles. The van der Waals surface area contributed by atoms with E-state index in [0.717, 1.165) is 0 Å². The Labute approximate surface area is 89.1 Å². The lowest BCUT2D eigenvalue weighted by molar-refractivity contribution is 0.140. The van der Waals surface area contributed by atoms with E-state index in [1.54, 1.807) is 0 Å². The lowest BCUT2D eigenvalue weighted by Gasteiger charge is -2.26. The number of rotatable bonds is 5. The van der Waals surface area contributed by atoms with E-state index in [1.165, 1.54) is 32.1 Å². The Morgan fingerprint density at radius 2 is 2.27 bits per heavy atom. The van der Waals surface area contributed by atoms with Crippen molar-refractivity contribution < 1.29 is 9.63 Å². The maximum atomic E-state index is 9.02. The Kier molecular flexibility index (Phi) is 3.69. The van der Waals surface area contributed by atoms with E-state index in [0.29, 0.717) is 25.0 Å². The van der Waals surface area contributed by atoms with Gasteiger partial charge >= 0.3 is 0 Å². The van der Waals surface area contributed by atoms with Crippen LogP contribution < -0.4 is 0 Å². The number of aliphatic hydroxyl groups excluding tert-OH is 1. The van der Waals surface area contributed by atoms with Crippen molar-refractivity contribution in [1.82, 2.24) is 15.0 Å². The van der Waals surface area contributed by atoms with Gasteiger partial charge in [0.05, 0.1) is 13.2 Å². The Morgan fingerprint density at radius 1 is 1.47 bits per heavy atom. The monoisotopic (exact) mass is 211 g/mol. The van der Waals surface area contributed by atoms with E-state index >= 15 is 0 Å². The molecule has 0 aromatic carbocycles. The standard InChI is InChI=1S/C10H17N3O2/c14-6-5-13(9-3-1-2-4-9)7-10-11-8-15-12-10/h8-9,14H,1-7H2. The van der Waals surface area contributed by atoms with E-state index < -0.39 is 0 Å². The van der Waals surface area contributed by atoms with Crippen molar-refractivity contribution in [1.29, 1.82) is 0 Å². The molecule has 15 heavy (non-hydrogen) atoms. The molecule has 5 heteroatoms. The van der Waals surface area contributed by atoms with Crippen LogP contribution in [0.2, 0.25) is 0 Å². The molecule has 0 unspecified atom stereocenters. The summed E-state index contributed by atoms with van der Waals surface area (Å²) in [6, 6.07) is 0.579. The molecule has 0 atom stereocenters. The van der Waals surface area contributed by atoms with Crippen LogP contribution in [0.3, 0.4) is 0 Å². The van der Waals surface area contributed by atoms with E-state index in [2.05, 4.69) is 15.0 Å². The van der Waals surface area contributed by atoms with Crippen LogP contribution in [0.15, 0.2) is 10.9 Å². The third kappa shape index (κ3) is 2.76. The molecule has 5 nitrogen and oxygen atoms in total. The van der Waals surface area contributed by atoms with Gasteiger partial charge in [0, 0.05) is 12.6 Å². The molecular weight excluding hydrogens is 194 g/mol. The fourth-order valence-corrected chi connectivity index (χ4v) is 2.23. The van der Waals surface area contributed by atoms with Gasteiger partial charge in [-0.2, -0.15) is 4.98 Å². The molecule has 1 aliphatic carbocycles. The normalized spacial score (nSPS) is 17.7. The average Bonchev–Trinajstić information content (AvgIpc) is 2.89. The van der Waals surface area contributed by atoms with Crippen molar-refractivity contribution >= 4 is 0 Å². The number of hydrogen-bond donors (Lipinski definition) is 1. The predicted octanol–water partition coefficient (Wildman–Crippen LogP) is 0.806. The summed E-state index contributed by atoms with van der Waals surface area (Å²) in [6.45, 7) is 1.56. The fourth-order valence-electron chi connectivity index (χ4n) is 2.23. The van der Waals surface area contributed by atoms with Gasteiger partial charge in [0.2, 0.25) is 6.39 Å². The first-order valence-electron chi connectivity index (χ1n) is 5.50. The molecule has 1 aromatic rings. The van der Waals surface area contributed by atoms with Gasteiger partial charge in [0.15, 0.2) is 5.82 Å². The second-order valence-electron chi connectivity index (χ2n) is 3.98. The molecule has 84 valence electrons. The van der Waals surface area contributed by atoms with Crippen LogP contribution in [0.25, 0.3) is 0 Å². The molecule has 0 radical (unpaired) electrons. The van der Waals surface area contributed by atoms with E-state index in [4.69, 9.17) is 9.63 Å². The van der Waals surface area contributed by atoms with Crippen LogP contribution in [-0.2, 0) is 6.54 Å². The number of hydrogen-bond acceptors (Lipinski definition) is 5. The maximum absolute atomic E-state index is 9.02. The van der Waals surface area contributed by atoms with Gasteiger partial charge in [-0.25, -0.2) is 0 Å². The lowest BCUT2D eigenvalue weighted by atomic mass is 10.2. The zero-order chi connectivity index (χ0) is 10.5. The predicted molar refractivity (Wildman–Crippen MR) is 54.0 cm³/mol. The van der Waals surface area contributed by atoms with E-state index in [-0.39, 0.29) is 6.61 Å². The summed E-state index contributed by atoms with van der Waals surface area (Å²) in [4.78, 5) is 6.26. The summed E-state index contributed by atoms with van der Waals surface area (Å²) in [5, 5.41) is 12.8. The second-order valence-corrected chi connectivity index (χ2v) is 3.98. The molecule has 2 rings (SSSR count). The molecule has 1 aliphatic rings. The van der Waals surface area contributed by atoms with Crippen molar-refractivity contribution in [2.45, 2.75) is 38.3 Å². The Hall–Kier alpha value is -0.940. The molecule has 0 saturated heterocycles. The second kappa shape index (κ2) is 5.23. The molecule has 1 saturated carbocycles. The van der Waals surface area contributed by atoms with Crippen LogP contribution in [0.4, 0.5) is 0 Å². The van der Waals surface area contributed by atoms with Crippen molar-refractivity contribution in [3.05, 3.63) is 12.2 Å². The highest BCUT2D eigenvalue weighted by Gasteiger charge is 2.23. The summed E-state index contributed by atoms with van der Waals surface area (Å²) in [7, 11) is 0. The van der Waals surface area contributed by atoms with Crippen LogP contribution in [0.1, 0.15) is 31.5 Å².